The van der Waals surface area contributed by atoms with Gasteiger partial charge in [-0.3, -0.25) is 24.6 Å². The van der Waals surface area contributed by atoms with E-state index >= 15 is 0 Å². The highest BCUT2D eigenvalue weighted by molar-refractivity contribution is 6.03. The van der Waals surface area contributed by atoms with Crippen molar-refractivity contribution >= 4 is 35.2 Å². The average molecular weight is 592 g/mol. The summed E-state index contributed by atoms with van der Waals surface area (Å²) in [5.74, 6) is -0.0478. The molecule has 3 saturated heterocycles. The van der Waals surface area contributed by atoms with Crippen LogP contribution in [0.2, 0.25) is 0 Å². The van der Waals surface area contributed by atoms with E-state index in [1.165, 1.54) is 0 Å². The molecule has 12 nitrogen and oxygen atoms in total. The van der Waals surface area contributed by atoms with Crippen molar-refractivity contribution in [2.24, 2.45) is 5.92 Å². The Morgan fingerprint density at radius 3 is 2.28 bits per heavy atom. The van der Waals surface area contributed by atoms with Crippen molar-refractivity contribution < 1.29 is 23.9 Å². The standard InChI is InChI=1S/C31H41N7O5/c1-31(2,3)43-30(42)22-4-8-26(33-18-22)38-12-10-21(11-13-38)20-36-14-16-37(17-15-36)23-5-6-24(32-19-23)28(40)34-25-7-9-27(39)35-29(25)41/h4-6,8,18-19,21,25H,7,9-17,20H2,1-3H3,(H,34,40)(H,35,39,41). The first-order valence-corrected chi connectivity index (χ1v) is 15.1. The molecule has 2 N–H and O–H groups in total. The maximum Gasteiger partial charge on any atom is 0.340 e. The van der Waals surface area contributed by atoms with Crippen molar-refractivity contribution in [3.8, 4) is 0 Å². The fourth-order valence-electron chi connectivity index (χ4n) is 5.70. The summed E-state index contributed by atoms with van der Waals surface area (Å²) < 4.78 is 5.43. The van der Waals surface area contributed by atoms with Gasteiger partial charge in [0, 0.05) is 58.4 Å². The minimum Gasteiger partial charge on any atom is -0.456 e. The summed E-state index contributed by atoms with van der Waals surface area (Å²) >= 11 is 0. The van der Waals surface area contributed by atoms with Gasteiger partial charge in [-0.15, -0.1) is 0 Å². The van der Waals surface area contributed by atoms with Crippen LogP contribution in [-0.4, -0.2) is 96.0 Å². The monoisotopic (exact) mass is 591 g/mol. The first kappa shape index (κ1) is 30.4. The maximum atomic E-state index is 12.6. The molecule has 0 radical (unpaired) electrons. The Bertz CT molecular complexity index is 1310. The molecule has 5 heterocycles. The van der Waals surface area contributed by atoms with Gasteiger partial charge in [-0.1, -0.05) is 0 Å². The first-order chi connectivity index (χ1) is 20.5. The zero-order valence-corrected chi connectivity index (χ0v) is 25.2. The number of carbonyl (C=O) groups is 4. The summed E-state index contributed by atoms with van der Waals surface area (Å²) in [6, 6.07) is 6.55. The second kappa shape index (κ2) is 13.1. The number of pyridine rings is 2. The number of imide groups is 1. The zero-order valence-electron chi connectivity index (χ0n) is 25.2. The van der Waals surface area contributed by atoms with Crippen LogP contribution in [0, 0.1) is 5.92 Å². The third-order valence-electron chi connectivity index (χ3n) is 8.10. The molecule has 3 aliphatic rings. The van der Waals surface area contributed by atoms with Gasteiger partial charge in [0.15, 0.2) is 0 Å². The average Bonchev–Trinajstić information content (AvgIpc) is 2.99. The Morgan fingerprint density at radius 1 is 0.930 bits per heavy atom. The number of anilines is 2. The number of hydrogen-bond donors (Lipinski definition) is 2. The minimum absolute atomic E-state index is 0.207. The van der Waals surface area contributed by atoms with Crippen molar-refractivity contribution in [3.63, 3.8) is 0 Å². The fraction of sp³-hybridized carbons (Fsp3) is 0.548. The molecule has 2 aromatic heterocycles. The van der Waals surface area contributed by atoms with Crippen LogP contribution in [0.25, 0.3) is 0 Å². The molecule has 43 heavy (non-hydrogen) atoms. The third kappa shape index (κ3) is 8.07. The number of ether oxygens (including phenoxy) is 1. The number of nitrogens with zero attached hydrogens (tertiary/aromatic N) is 5. The van der Waals surface area contributed by atoms with E-state index in [1.54, 1.807) is 24.5 Å². The molecule has 0 bridgehead atoms. The van der Waals surface area contributed by atoms with Crippen LogP contribution in [0.3, 0.4) is 0 Å². The van der Waals surface area contributed by atoms with Crippen molar-refractivity contribution in [2.45, 2.75) is 58.1 Å². The van der Waals surface area contributed by atoms with Crippen LogP contribution < -0.4 is 20.4 Å². The number of aromatic nitrogens is 2. The molecule has 230 valence electrons. The quantitative estimate of drug-likeness (QED) is 0.363. The molecule has 0 saturated carbocycles. The summed E-state index contributed by atoms with van der Waals surface area (Å²) in [4.78, 5) is 64.0. The van der Waals surface area contributed by atoms with Gasteiger partial charge < -0.3 is 19.9 Å². The molecule has 0 spiro atoms. The van der Waals surface area contributed by atoms with Gasteiger partial charge >= 0.3 is 5.97 Å². The summed E-state index contributed by atoms with van der Waals surface area (Å²) in [7, 11) is 0. The van der Waals surface area contributed by atoms with E-state index in [1.807, 2.05) is 32.9 Å². The van der Waals surface area contributed by atoms with Gasteiger partial charge in [-0.25, -0.2) is 14.8 Å². The molecular weight excluding hydrogens is 550 g/mol. The van der Waals surface area contributed by atoms with Gasteiger partial charge in [-0.2, -0.15) is 0 Å². The normalized spacial score (nSPS) is 20.5. The SMILES string of the molecule is CC(C)(C)OC(=O)c1ccc(N2CCC(CN3CCN(c4ccc(C(=O)NC5CCC(=O)NC5=O)nc4)CC3)CC2)nc1. The molecule has 3 aliphatic heterocycles. The lowest BCUT2D eigenvalue weighted by molar-refractivity contribution is -0.134. The van der Waals surface area contributed by atoms with Crippen LogP contribution in [0.4, 0.5) is 11.5 Å². The van der Waals surface area contributed by atoms with E-state index in [0.29, 0.717) is 17.9 Å². The predicted molar refractivity (Wildman–Crippen MR) is 161 cm³/mol. The van der Waals surface area contributed by atoms with Gasteiger partial charge in [0.05, 0.1) is 17.4 Å². The van der Waals surface area contributed by atoms with E-state index in [0.717, 1.165) is 70.2 Å². The van der Waals surface area contributed by atoms with Crippen molar-refractivity contribution in [1.82, 2.24) is 25.5 Å². The molecular formula is C31H41N7O5. The number of piperidine rings is 2. The van der Waals surface area contributed by atoms with Crippen LogP contribution in [-0.2, 0) is 14.3 Å². The molecule has 1 unspecified atom stereocenters. The first-order valence-electron chi connectivity index (χ1n) is 15.1. The van der Waals surface area contributed by atoms with Gasteiger partial charge in [0.25, 0.3) is 5.91 Å². The summed E-state index contributed by atoms with van der Waals surface area (Å²) in [5, 5.41) is 4.91. The number of esters is 1. The second-order valence-electron chi connectivity index (χ2n) is 12.5. The smallest absolute Gasteiger partial charge is 0.340 e. The number of carbonyl (C=O) groups excluding carboxylic acids is 4. The number of rotatable bonds is 7. The molecule has 0 aliphatic carbocycles. The summed E-state index contributed by atoms with van der Waals surface area (Å²) in [5.41, 5.74) is 1.15. The molecule has 5 rings (SSSR count). The third-order valence-corrected chi connectivity index (χ3v) is 8.10. The molecule has 3 amide bonds. The second-order valence-corrected chi connectivity index (χ2v) is 12.5. The molecule has 0 aromatic carbocycles. The molecule has 3 fully saturated rings. The maximum absolute atomic E-state index is 12.6. The van der Waals surface area contributed by atoms with E-state index in [4.69, 9.17) is 4.74 Å². The van der Waals surface area contributed by atoms with Gasteiger partial charge in [0.2, 0.25) is 11.8 Å². The Morgan fingerprint density at radius 2 is 1.67 bits per heavy atom. The van der Waals surface area contributed by atoms with Crippen molar-refractivity contribution in [3.05, 3.63) is 47.9 Å². The highest BCUT2D eigenvalue weighted by Gasteiger charge is 2.29. The largest absolute Gasteiger partial charge is 0.456 e. The van der Waals surface area contributed by atoms with Gasteiger partial charge in [0.1, 0.15) is 23.2 Å². The molecule has 12 heteroatoms. The van der Waals surface area contributed by atoms with E-state index in [2.05, 4.69) is 35.3 Å². The van der Waals surface area contributed by atoms with Crippen LogP contribution in [0.15, 0.2) is 36.7 Å². The Labute approximate surface area is 252 Å². The predicted octanol–water partition coefficient (Wildman–Crippen LogP) is 2.01. The number of amides is 3. The molecule has 1 atom stereocenters. The van der Waals surface area contributed by atoms with Crippen molar-refractivity contribution in [1.29, 1.82) is 0 Å². The van der Waals surface area contributed by atoms with Crippen LogP contribution in [0.5, 0.6) is 0 Å². The number of nitrogens with one attached hydrogen (secondary N) is 2. The van der Waals surface area contributed by atoms with E-state index in [9.17, 15) is 19.2 Å². The molecule has 2 aromatic rings. The highest BCUT2D eigenvalue weighted by Crippen LogP contribution is 2.24. The Kier molecular flexibility index (Phi) is 9.24. The Balaban J connectivity index is 1.03. The lowest BCUT2D eigenvalue weighted by Gasteiger charge is -2.39. The highest BCUT2D eigenvalue weighted by atomic mass is 16.6. The van der Waals surface area contributed by atoms with Crippen LogP contribution >= 0.6 is 0 Å². The minimum atomic E-state index is -0.721. The van der Waals surface area contributed by atoms with Crippen molar-refractivity contribution in [2.75, 3.05) is 55.6 Å². The summed E-state index contributed by atoms with van der Waals surface area (Å²) in [6.45, 7) is 12.2. The lowest BCUT2D eigenvalue weighted by atomic mass is 9.96. The zero-order chi connectivity index (χ0) is 30.6. The van der Waals surface area contributed by atoms with E-state index < -0.39 is 23.5 Å². The van der Waals surface area contributed by atoms with Crippen LogP contribution in [0.1, 0.15) is 67.3 Å². The Hall–Kier alpha value is -4.06. The fourth-order valence-corrected chi connectivity index (χ4v) is 5.70. The topological polar surface area (TPSA) is 137 Å². The summed E-state index contributed by atoms with van der Waals surface area (Å²) in [6.07, 6.45) is 6.01. The number of hydrogen-bond acceptors (Lipinski definition) is 10. The lowest BCUT2D eigenvalue weighted by Crippen LogP contribution is -2.52. The number of piperazine rings is 1. The van der Waals surface area contributed by atoms with E-state index in [-0.39, 0.29) is 24.0 Å². The van der Waals surface area contributed by atoms with Gasteiger partial charge in [-0.05, 0) is 70.2 Å².